The Hall–Kier alpha value is -5.93. The first-order valence-corrected chi connectivity index (χ1v) is 23.8. The van der Waals surface area contributed by atoms with E-state index in [1.54, 1.807) is 48.7 Å². The zero-order valence-electron chi connectivity index (χ0n) is 35.9. The quantitative estimate of drug-likeness (QED) is 0.0605. The van der Waals surface area contributed by atoms with E-state index in [4.69, 9.17) is 11.5 Å². The lowest BCUT2D eigenvalue weighted by Crippen LogP contribution is -2.61. The molecule has 8 atom stereocenters. The number of benzene rings is 3. The van der Waals surface area contributed by atoms with Crippen LogP contribution >= 0.6 is 21.6 Å². The van der Waals surface area contributed by atoms with Crippen LogP contribution in [0, 0.1) is 0 Å². The van der Waals surface area contributed by atoms with Gasteiger partial charge in [-0.25, -0.2) is 4.79 Å². The fourth-order valence-electron chi connectivity index (χ4n) is 7.12. The van der Waals surface area contributed by atoms with Crippen LogP contribution in [0.5, 0.6) is 0 Å². The number of hydrogen-bond donors (Lipinski definition) is 11. The molecule has 18 nitrogen and oxygen atoms in total. The van der Waals surface area contributed by atoms with Gasteiger partial charge in [-0.05, 0) is 61.9 Å². The van der Waals surface area contributed by atoms with E-state index in [9.17, 15) is 43.8 Å². The van der Waals surface area contributed by atoms with Gasteiger partial charge in [0.25, 0.3) is 0 Å². The first-order chi connectivity index (χ1) is 31.2. The minimum atomic E-state index is -1.63. The summed E-state index contributed by atoms with van der Waals surface area (Å²) in [6, 6.07) is 15.8. The first-order valence-electron chi connectivity index (χ1n) is 21.3. The van der Waals surface area contributed by atoms with Gasteiger partial charge in [0.05, 0.1) is 12.1 Å². The second-order valence-electron chi connectivity index (χ2n) is 15.8. The van der Waals surface area contributed by atoms with Crippen LogP contribution in [0.1, 0.15) is 42.9 Å². The molecular formula is C45H57N9O9S2. The van der Waals surface area contributed by atoms with E-state index >= 15 is 0 Å². The molecule has 0 aliphatic carbocycles. The number of rotatable bonds is 14. The Morgan fingerprint density at radius 2 is 1.31 bits per heavy atom. The molecule has 1 aromatic heterocycles. The zero-order valence-corrected chi connectivity index (χ0v) is 37.5. The number of nitrogens with one attached hydrogen (secondary N) is 7. The third-order valence-corrected chi connectivity index (χ3v) is 13.1. The Balaban J connectivity index is 1.53. The number of H-pyrrole nitrogens is 1. The van der Waals surface area contributed by atoms with E-state index in [2.05, 4.69) is 36.9 Å². The van der Waals surface area contributed by atoms with Crippen molar-refractivity contribution in [3.63, 3.8) is 0 Å². The van der Waals surface area contributed by atoms with Crippen LogP contribution in [0.25, 0.3) is 10.9 Å². The highest BCUT2D eigenvalue weighted by Crippen LogP contribution is 2.24. The summed E-state index contributed by atoms with van der Waals surface area (Å²) in [6.07, 6.45) is 1.17. The monoisotopic (exact) mass is 931 g/mol. The van der Waals surface area contributed by atoms with Crippen LogP contribution in [0.2, 0.25) is 0 Å². The molecule has 6 amide bonds. The number of aliphatic hydroxyl groups excluding tert-OH is 1. The molecule has 3 unspecified atom stereocenters. The lowest BCUT2D eigenvalue weighted by molar-refractivity contribution is -0.142. The lowest BCUT2D eigenvalue weighted by atomic mass is 10.0. The van der Waals surface area contributed by atoms with E-state index in [0.717, 1.165) is 38.1 Å². The molecular weight excluding hydrogens is 875 g/mol. The summed E-state index contributed by atoms with van der Waals surface area (Å²) >= 11 is 0. The number of unbranched alkanes of at least 4 members (excludes halogenated alkanes) is 1. The van der Waals surface area contributed by atoms with Crippen LogP contribution in [-0.4, -0.2) is 123 Å². The molecule has 0 saturated carbocycles. The maximum Gasteiger partial charge on any atom is 0.327 e. The molecule has 20 heteroatoms. The smallest absolute Gasteiger partial charge is 0.327 e. The van der Waals surface area contributed by atoms with Crippen molar-refractivity contribution in [3.8, 4) is 0 Å². The molecule has 0 bridgehead atoms. The van der Waals surface area contributed by atoms with Gasteiger partial charge in [-0.15, -0.1) is 0 Å². The third kappa shape index (κ3) is 15.1. The second kappa shape index (κ2) is 24.9. The van der Waals surface area contributed by atoms with Crippen molar-refractivity contribution in [1.82, 2.24) is 36.9 Å². The van der Waals surface area contributed by atoms with Gasteiger partial charge in [-0.1, -0.05) is 100 Å². The summed E-state index contributed by atoms with van der Waals surface area (Å²) in [4.78, 5) is 100. The highest BCUT2D eigenvalue weighted by atomic mass is 33.1. The van der Waals surface area contributed by atoms with Crippen molar-refractivity contribution >= 4 is 73.9 Å². The number of aromatic amines is 1. The fraction of sp³-hybridized carbons (Fsp3) is 0.400. The number of carboxylic acid groups (broad SMARTS) is 1. The lowest BCUT2D eigenvalue weighted by Gasteiger charge is -2.28. The summed E-state index contributed by atoms with van der Waals surface area (Å²) in [5.74, 6) is -6.57. The fourth-order valence-corrected chi connectivity index (χ4v) is 9.44. The van der Waals surface area contributed by atoms with Gasteiger partial charge >= 0.3 is 5.97 Å². The van der Waals surface area contributed by atoms with E-state index in [-0.39, 0.29) is 43.7 Å². The van der Waals surface area contributed by atoms with Gasteiger partial charge in [0, 0.05) is 41.4 Å². The molecule has 348 valence electrons. The largest absolute Gasteiger partial charge is 0.480 e. The third-order valence-electron chi connectivity index (χ3n) is 10.7. The maximum atomic E-state index is 14.6. The Morgan fingerprint density at radius 3 is 1.97 bits per heavy atom. The van der Waals surface area contributed by atoms with Crippen molar-refractivity contribution in [1.29, 1.82) is 0 Å². The Labute approximate surface area is 384 Å². The molecule has 1 aliphatic heterocycles. The summed E-state index contributed by atoms with van der Waals surface area (Å²) in [7, 11) is 2.01. The number of fused-ring (bicyclic) bond motifs is 1. The molecule has 65 heavy (non-hydrogen) atoms. The number of carbonyl (C=O) groups is 7. The van der Waals surface area contributed by atoms with Crippen molar-refractivity contribution in [2.24, 2.45) is 11.5 Å². The highest BCUT2D eigenvalue weighted by Gasteiger charge is 2.36. The van der Waals surface area contributed by atoms with E-state index in [1.807, 2.05) is 42.5 Å². The average molecular weight is 932 g/mol. The van der Waals surface area contributed by atoms with E-state index in [1.165, 1.54) is 6.92 Å². The summed E-state index contributed by atoms with van der Waals surface area (Å²) in [5.41, 5.74) is 14.9. The van der Waals surface area contributed by atoms with Crippen LogP contribution in [0.15, 0.2) is 91.1 Å². The van der Waals surface area contributed by atoms with Gasteiger partial charge < -0.3 is 58.6 Å². The number of nitrogens with two attached hydrogens (primary N) is 2. The topological polar surface area (TPSA) is 300 Å². The Kier molecular flexibility index (Phi) is 19.2. The van der Waals surface area contributed by atoms with Crippen LogP contribution in [0.3, 0.4) is 0 Å². The zero-order chi connectivity index (χ0) is 46.9. The van der Waals surface area contributed by atoms with Gasteiger partial charge in [0.2, 0.25) is 35.4 Å². The predicted octanol–water partition coefficient (Wildman–Crippen LogP) is 0.421. The van der Waals surface area contributed by atoms with Crippen LogP contribution < -0.4 is 43.4 Å². The maximum absolute atomic E-state index is 14.6. The number of aromatic nitrogens is 1. The molecule has 0 spiro atoms. The molecule has 1 saturated heterocycles. The second-order valence-corrected chi connectivity index (χ2v) is 18.3. The van der Waals surface area contributed by atoms with E-state index < -0.39 is 89.8 Å². The van der Waals surface area contributed by atoms with Crippen molar-refractivity contribution < 1.29 is 43.8 Å². The standard InChI is InChI=1S/C45H57N9O9S2/c1-26(55)38-44(61)53-37(45(62)63)25-65-64-24-36(52-39(56)31(47)20-27-12-4-2-5-13-27)43(60)50-34(21-28-14-6-3-7-15-28)41(58)51-35(22-29-23-48-32-17-9-8-16-30(29)32)42(59)49-33(40(57)54-38)18-10-11-19-46/h2-9,12-17,23,26,31,33-38,48,55H,10-11,18-22,24-25,46-47H2,1H3,(H,49,59)(H,50,60)(H,51,58)(H,52,56)(H,53,61)(H,54,57)(H,62,63)/t26-,31-,33+,34+,35?,36?,37?,38+/m1/s1. The minimum absolute atomic E-state index is 0.0270. The molecule has 13 N–H and O–H groups in total. The van der Waals surface area contributed by atoms with E-state index in [0.29, 0.717) is 24.0 Å². The molecule has 3 aromatic carbocycles. The molecule has 0 radical (unpaired) electrons. The van der Waals surface area contributed by atoms with Gasteiger partial charge in [-0.3, -0.25) is 28.8 Å². The van der Waals surface area contributed by atoms with Crippen LogP contribution in [-0.2, 0) is 52.8 Å². The Morgan fingerprint density at radius 1 is 0.723 bits per heavy atom. The summed E-state index contributed by atoms with van der Waals surface area (Å²) in [6.45, 7) is 1.53. The van der Waals surface area contributed by atoms with Gasteiger partial charge in [0.15, 0.2) is 0 Å². The van der Waals surface area contributed by atoms with Crippen LogP contribution in [0.4, 0.5) is 0 Å². The molecule has 4 aromatic rings. The number of aliphatic hydroxyl groups is 1. The van der Waals surface area contributed by atoms with Crippen molar-refractivity contribution in [2.75, 3.05) is 18.1 Å². The molecule has 5 rings (SSSR count). The number of amides is 6. The highest BCUT2D eigenvalue weighted by molar-refractivity contribution is 8.76. The number of carboxylic acids is 1. The van der Waals surface area contributed by atoms with Crippen molar-refractivity contribution in [3.05, 3.63) is 108 Å². The normalized spacial score (nSPS) is 22.9. The number of para-hydroxylation sites is 1. The number of carbonyl (C=O) groups excluding carboxylic acids is 6. The minimum Gasteiger partial charge on any atom is -0.480 e. The molecule has 1 fully saturated rings. The first kappa shape index (κ1) is 50.1. The van der Waals surface area contributed by atoms with Crippen molar-refractivity contribution in [2.45, 2.75) is 93.8 Å². The number of hydrogen-bond acceptors (Lipinski definition) is 12. The summed E-state index contributed by atoms with van der Waals surface area (Å²) < 4.78 is 0. The van der Waals surface area contributed by atoms with Gasteiger partial charge in [0.1, 0.15) is 36.3 Å². The van der Waals surface area contributed by atoms with Gasteiger partial charge in [-0.2, -0.15) is 0 Å². The predicted molar refractivity (Wildman–Crippen MR) is 249 cm³/mol. The Bertz CT molecular complexity index is 2250. The molecule has 1 aliphatic rings. The number of aliphatic carboxylic acids is 1. The average Bonchev–Trinajstić information content (AvgIpc) is 3.70. The SMILES string of the molecule is C[C@@H](O)[C@@H]1NC(=O)[C@H](CCCCN)NC(=O)C(Cc2c[nH]c3ccccc23)NC(=O)[C@H](Cc2ccccc2)NC(=O)C(NC(=O)[C@H](N)Cc2ccccc2)CSSCC(C(=O)O)NC1=O. The molecule has 2 heterocycles. The summed E-state index contributed by atoms with van der Waals surface area (Å²) in [5, 5.41) is 37.4.